The summed E-state index contributed by atoms with van der Waals surface area (Å²) in [6, 6.07) is 6.83. The highest BCUT2D eigenvalue weighted by atomic mass is 16.4. The Labute approximate surface area is 86.1 Å². The first-order chi connectivity index (χ1) is 7.18. The predicted octanol–water partition coefficient (Wildman–Crippen LogP) is 0.809. The van der Waals surface area contributed by atoms with E-state index in [2.05, 4.69) is 5.10 Å². The first-order valence-corrected chi connectivity index (χ1v) is 4.58. The van der Waals surface area contributed by atoms with E-state index in [-0.39, 0.29) is 6.42 Å². The number of rotatable bonds is 3. The summed E-state index contributed by atoms with van der Waals surface area (Å²) in [4.78, 5) is 10.5. The molecule has 0 saturated carbocycles. The summed E-state index contributed by atoms with van der Waals surface area (Å²) in [7, 11) is 0. The molecule has 1 atom stereocenters. The summed E-state index contributed by atoms with van der Waals surface area (Å²) in [5.41, 5.74) is 7.40. The van der Waals surface area contributed by atoms with Crippen molar-refractivity contribution >= 4 is 11.5 Å². The number of hydrogen-bond donors (Lipinski definition) is 2. The molecule has 2 aromatic rings. The zero-order valence-electron chi connectivity index (χ0n) is 8.00. The number of hydrogen-bond acceptors (Lipinski definition) is 3. The molecular weight excluding hydrogens is 194 g/mol. The van der Waals surface area contributed by atoms with E-state index in [0.717, 1.165) is 5.52 Å². The minimum Gasteiger partial charge on any atom is -0.481 e. The molecule has 0 amide bonds. The van der Waals surface area contributed by atoms with Gasteiger partial charge in [-0.05, 0) is 18.2 Å². The lowest BCUT2D eigenvalue weighted by Gasteiger charge is -2.10. The Bertz CT molecular complexity index is 492. The van der Waals surface area contributed by atoms with Crippen LogP contribution in [0.25, 0.3) is 5.52 Å². The molecule has 2 heterocycles. The number of carboxylic acid groups (broad SMARTS) is 1. The van der Waals surface area contributed by atoms with Gasteiger partial charge in [0.05, 0.1) is 23.7 Å². The third-order valence-corrected chi connectivity index (χ3v) is 2.22. The molecule has 0 aliphatic carbocycles. The molecule has 15 heavy (non-hydrogen) atoms. The largest absolute Gasteiger partial charge is 0.481 e. The smallest absolute Gasteiger partial charge is 0.305 e. The van der Waals surface area contributed by atoms with Gasteiger partial charge in [0.1, 0.15) is 0 Å². The number of aromatic nitrogens is 2. The Morgan fingerprint density at radius 1 is 1.53 bits per heavy atom. The van der Waals surface area contributed by atoms with Crippen LogP contribution in [-0.4, -0.2) is 20.7 Å². The molecule has 3 N–H and O–H groups in total. The van der Waals surface area contributed by atoms with Gasteiger partial charge in [0.2, 0.25) is 0 Å². The van der Waals surface area contributed by atoms with Gasteiger partial charge in [0.25, 0.3) is 0 Å². The average molecular weight is 205 g/mol. The SMILES string of the molecule is NC(CC(=O)O)c1cccc2ccnn12. The number of carbonyl (C=O) groups is 1. The third-order valence-electron chi connectivity index (χ3n) is 2.22. The van der Waals surface area contributed by atoms with Crippen LogP contribution in [0, 0.1) is 0 Å². The quantitative estimate of drug-likeness (QED) is 0.776. The number of nitrogens with two attached hydrogens (primary N) is 1. The fraction of sp³-hybridized carbons (Fsp3) is 0.200. The predicted molar refractivity (Wildman–Crippen MR) is 54.4 cm³/mol. The van der Waals surface area contributed by atoms with Gasteiger partial charge in [-0.2, -0.15) is 5.10 Å². The van der Waals surface area contributed by atoms with E-state index in [1.807, 2.05) is 18.2 Å². The van der Waals surface area contributed by atoms with Crippen LogP contribution < -0.4 is 5.73 Å². The first-order valence-electron chi connectivity index (χ1n) is 4.58. The Kier molecular flexibility index (Phi) is 2.39. The summed E-state index contributed by atoms with van der Waals surface area (Å²) in [5, 5.41) is 12.7. The van der Waals surface area contributed by atoms with Crippen LogP contribution in [0.2, 0.25) is 0 Å². The molecule has 2 rings (SSSR count). The topological polar surface area (TPSA) is 80.6 Å². The maximum atomic E-state index is 10.5. The van der Waals surface area contributed by atoms with Crippen LogP contribution in [0.1, 0.15) is 18.2 Å². The maximum Gasteiger partial charge on any atom is 0.305 e. The number of aliphatic carboxylic acids is 1. The molecule has 0 radical (unpaired) electrons. The van der Waals surface area contributed by atoms with Crippen molar-refractivity contribution in [3.63, 3.8) is 0 Å². The van der Waals surface area contributed by atoms with Crippen molar-refractivity contribution in [1.29, 1.82) is 0 Å². The second kappa shape index (κ2) is 3.70. The van der Waals surface area contributed by atoms with E-state index in [4.69, 9.17) is 10.8 Å². The maximum absolute atomic E-state index is 10.5. The van der Waals surface area contributed by atoms with Crippen LogP contribution in [0.5, 0.6) is 0 Å². The minimum absolute atomic E-state index is 0.0982. The summed E-state index contributed by atoms with van der Waals surface area (Å²) in [5.74, 6) is -0.911. The first kappa shape index (κ1) is 9.67. The molecule has 1 unspecified atom stereocenters. The molecule has 78 valence electrons. The molecule has 0 saturated heterocycles. The van der Waals surface area contributed by atoms with Gasteiger partial charge in [0, 0.05) is 6.20 Å². The summed E-state index contributed by atoms with van der Waals surface area (Å²) in [6.07, 6.45) is 1.56. The van der Waals surface area contributed by atoms with Crippen molar-refractivity contribution in [1.82, 2.24) is 9.61 Å². The molecule has 0 bridgehead atoms. The van der Waals surface area contributed by atoms with Crippen LogP contribution in [0.4, 0.5) is 0 Å². The van der Waals surface area contributed by atoms with Crippen LogP contribution in [0.3, 0.4) is 0 Å². The third kappa shape index (κ3) is 1.82. The standard InChI is InChI=1S/C10H11N3O2/c11-8(6-10(14)15)9-3-1-2-7-4-5-12-13(7)9/h1-5,8H,6,11H2,(H,14,15). The van der Waals surface area contributed by atoms with E-state index in [1.165, 1.54) is 0 Å². The van der Waals surface area contributed by atoms with Gasteiger partial charge in [-0.1, -0.05) is 6.07 Å². The molecule has 0 aromatic carbocycles. The normalized spacial score (nSPS) is 12.9. The lowest BCUT2D eigenvalue weighted by Crippen LogP contribution is -2.18. The van der Waals surface area contributed by atoms with Gasteiger partial charge in [0.15, 0.2) is 0 Å². The van der Waals surface area contributed by atoms with Crippen LogP contribution >= 0.6 is 0 Å². The Morgan fingerprint density at radius 2 is 2.33 bits per heavy atom. The summed E-state index contributed by atoms with van der Waals surface area (Å²) in [6.45, 7) is 0. The molecule has 0 aliphatic heterocycles. The minimum atomic E-state index is -0.911. The summed E-state index contributed by atoms with van der Waals surface area (Å²) < 4.78 is 1.66. The lowest BCUT2D eigenvalue weighted by molar-refractivity contribution is -0.137. The number of carboxylic acids is 1. The van der Waals surface area contributed by atoms with Gasteiger partial charge in [-0.3, -0.25) is 4.79 Å². The lowest BCUT2D eigenvalue weighted by atomic mass is 10.1. The molecule has 0 aliphatic rings. The van der Waals surface area contributed by atoms with E-state index >= 15 is 0 Å². The number of fused-ring (bicyclic) bond motifs is 1. The Morgan fingerprint density at radius 3 is 3.07 bits per heavy atom. The van der Waals surface area contributed by atoms with Gasteiger partial charge >= 0.3 is 5.97 Å². The van der Waals surface area contributed by atoms with E-state index in [9.17, 15) is 4.79 Å². The highest BCUT2D eigenvalue weighted by molar-refractivity contribution is 5.67. The number of pyridine rings is 1. The van der Waals surface area contributed by atoms with Gasteiger partial charge in [-0.15, -0.1) is 0 Å². The molecular formula is C10H11N3O2. The monoisotopic (exact) mass is 205 g/mol. The van der Waals surface area contributed by atoms with Crippen LogP contribution in [0.15, 0.2) is 30.5 Å². The molecule has 5 nitrogen and oxygen atoms in total. The van der Waals surface area contributed by atoms with E-state index < -0.39 is 12.0 Å². The van der Waals surface area contributed by atoms with Crippen molar-refractivity contribution in [2.45, 2.75) is 12.5 Å². The Balaban J connectivity index is 2.42. The van der Waals surface area contributed by atoms with Crippen molar-refractivity contribution < 1.29 is 9.90 Å². The molecule has 5 heteroatoms. The molecule has 2 aromatic heterocycles. The molecule has 0 spiro atoms. The fourth-order valence-corrected chi connectivity index (χ4v) is 1.54. The fourth-order valence-electron chi connectivity index (χ4n) is 1.54. The van der Waals surface area contributed by atoms with Gasteiger partial charge < -0.3 is 10.8 Å². The number of nitrogens with zero attached hydrogens (tertiary/aromatic N) is 2. The second-order valence-electron chi connectivity index (χ2n) is 3.32. The highest BCUT2D eigenvalue weighted by Gasteiger charge is 2.13. The highest BCUT2D eigenvalue weighted by Crippen LogP contribution is 2.15. The molecule has 0 fully saturated rings. The van der Waals surface area contributed by atoms with Crippen molar-refractivity contribution in [2.24, 2.45) is 5.73 Å². The zero-order valence-corrected chi connectivity index (χ0v) is 8.00. The Hall–Kier alpha value is -1.88. The van der Waals surface area contributed by atoms with Crippen molar-refractivity contribution in [3.8, 4) is 0 Å². The van der Waals surface area contributed by atoms with E-state index in [1.54, 1.807) is 16.8 Å². The van der Waals surface area contributed by atoms with Crippen molar-refractivity contribution in [2.75, 3.05) is 0 Å². The van der Waals surface area contributed by atoms with Gasteiger partial charge in [-0.25, -0.2) is 4.52 Å². The summed E-state index contributed by atoms with van der Waals surface area (Å²) >= 11 is 0. The van der Waals surface area contributed by atoms with Crippen LogP contribution in [-0.2, 0) is 4.79 Å². The van der Waals surface area contributed by atoms with E-state index in [0.29, 0.717) is 5.69 Å². The zero-order chi connectivity index (χ0) is 10.8. The van der Waals surface area contributed by atoms with Crippen molar-refractivity contribution in [3.05, 3.63) is 36.2 Å². The average Bonchev–Trinajstić information content (AvgIpc) is 2.63. The second-order valence-corrected chi connectivity index (χ2v) is 3.32.